The van der Waals surface area contributed by atoms with Crippen molar-refractivity contribution < 1.29 is 9.18 Å². The molecule has 0 bridgehead atoms. The molecule has 1 amide bonds. The van der Waals surface area contributed by atoms with Gasteiger partial charge in [-0.3, -0.25) is 4.79 Å². The first-order chi connectivity index (χ1) is 5.65. The van der Waals surface area contributed by atoms with Crippen LogP contribution >= 0.6 is 0 Å². The first-order valence-electron chi connectivity index (χ1n) is 4.33. The van der Waals surface area contributed by atoms with Crippen molar-refractivity contribution in [3.05, 3.63) is 0 Å². The fourth-order valence-corrected chi connectivity index (χ4v) is 1.27. The average molecular weight is 174 g/mol. The maximum Gasteiger partial charge on any atom is 0.239 e. The van der Waals surface area contributed by atoms with Crippen LogP contribution in [0.1, 0.15) is 19.8 Å². The molecule has 0 spiro atoms. The SMILES string of the molecule is CCCC(N)C(=O)N1CC(F)C1. The number of carbonyl (C=O) groups is 1. The molecule has 4 heteroatoms. The first kappa shape index (κ1) is 9.45. The van der Waals surface area contributed by atoms with E-state index < -0.39 is 12.2 Å². The molecule has 0 radical (unpaired) electrons. The standard InChI is InChI=1S/C8H15FN2O/c1-2-3-7(10)8(12)11-4-6(9)5-11/h6-7H,2-5,10H2,1H3. The average Bonchev–Trinajstić information content (AvgIpc) is 1.98. The zero-order chi connectivity index (χ0) is 9.14. The van der Waals surface area contributed by atoms with Gasteiger partial charge in [-0.1, -0.05) is 13.3 Å². The number of hydrogen-bond donors (Lipinski definition) is 1. The van der Waals surface area contributed by atoms with Gasteiger partial charge >= 0.3 is 0 Å². The van der Waals surface area contributed by atoms with Crippen LogP contribution in [0.15, 0.2) is 0 Å². The van der Waals surface area contributed by atoms with E-state index in [4.69, 9.17) is 5.73 Å². The molecule has 1 saturated heterocycles. The van der Waals surface area contributed by atoms with Crippen molar-refractivity contribution in [1.29, 1.82) is 0 Å². The highest BCUT2D eigenvalue weighted by atomic mass is 19.1. The third-order valence-corrected chi connectivity index (χ3v) is 2.07. The van der Waals surface area contributed by atoms with Crippen LogP contribution in [0, 0.1) is 0 Å². The Morgan fingerprint density at radius 2 is 2.33 bits per heavy atom. The van der Waals surface area contributed by atoms with Crippen molar-refractivity contribution in [3.63, 3.8) is 0 Å². The quantitative estimate of drug-likeness (QED) is 0.668. The Morgan fingerprint density at radius 3 is 2.75 bits per heavy atom. The minimum absolute atomic E-state index is 0.106. The zero-order valence-corrected chi connectivity index (χ0v) is 7.29. The Morgan fingerprint density at radius 1 is 1.75 bits per heavy atom. The summed E-state index contributed by atoms with van der Waals surface area (Å²) in [4.78, 5) is 12.8. The summed E-state index contributed by atoms with van der Waals surface area (Å²) in [5, 5.41) is 0. The Balaban J connectivity index is 2.28. The number of nitrogens with zero attached hydrogens (tertiary/aromatic N) is 1. The number of carbonyl (C=O) groups excluding carboxylic acids is 1. The largest absolute Gasteiger partial charge is 0.335 e. The molecule has 1 rings (SSSR count). The first-order valence-corrected chi connectivity index (χ1v) is 4.33. The number of hydrogen-bond acceptors (Lipinski definition) is 2. The minimum Gasteiger partial charge on any atom is -0.335 e. The molecule has 1 unspecified atom stereocenters. The molecule has 1 fully saturated rings. The van der Waals surface area contributed by atoms with Gasteiger partial charge < -0.3 is 10.6 Å². The highest BCUT2D eigenvalue weighted by Crippen LogP contribution is 2.13. The second kappa shape index (κ2) is 3.85. The molecule has 0 aromatic heterocycles. The van der Waals surface area contributed by atoms with Crippen molar-refractivity contribution in [1.82, 2.24) is 4.90 Å². The Bertz CT molecular complexity index is 162. The summed E-state index contributed by atoms with van der Waals surface area (Å²) in [7, 11) is 0. The van der Waals surface area contributed by atoms with E-state index in [0.717, 1.165) is 6.42 Å². The second-order valence-electron chi connectivity index (χ2n) is 3.24. The van der Waals surface area contributed by atoms with Gasteiger partial charge in [-0.25, -0.2) is 4.39 Å². The van der Waals surface area contributed by atoms with Gasteiger partial charge in [0.05, 0.1) is 19.1 Å². The highest BCUT2D eigenvalue weighted by molar-refractivity contribution is 5.82. The van der Waals surface area contributed by atoms with Gasteiger partial charge in [0.1, 0.15) is 6.17 Å². The van der Waals surface area contributed by atoms with E-state index in [1.165, 1.54) is 4.90 Å². The van der Waals surface area contributed by atoms with Crippen molar-refractivity contribution in [2.75, 3.05) is 13.1 Å². The van der Waals surface area contributed by atoms with Crippen molar-refractivity contribution in [2.24, 2.45) is 5.73 Å². The summed E-state index contributed by atoms with van der Waals surface area (Å²) in [6.07, 6.45) is 0.745. The van der Waals surface area contributed by atoms with Gasteiger partial charge in [-0.05, 0) is 6.42 Å². The fraction of sp³-hybridized carbons (Fsp3) is 0.875. The molecule has 3 nitrogen and oxygen atoms in total. The molecular formula is C8H15FN2O. The van der Waals surface area contributed by atoms with Crippen LogP contribution in [0.5, 0.6) is 0 Å². The number of likely N-dealkylation sites (tertiary alicyclic amines) is 1. The van der Waals surface area contributed by atoms with E-state index in [0.29, 0.717) is 6.42 Å². The molecule has 1 aliphatic heterocycles. The summed E-state index contributed by atoms with van der Waals surface area (Å²) in [6.45, 7) is 2.44. The van der Waals surface area contributed by atoms with E-state index in [-0.39, 0.29) is 19.0 Å². The normalized spacial score (nSPS) is 20.4. The Labute approximate surface area is 71.7 Å². The summed E-state index contributed by atoms with van der Waals surface area (Å²) in [5.41, 5.74) is 5.57. The van der Waals surface area contributed by atoms with E-state index >= 15 is 0 Å². The smallest absolute Gasteiger partial charge is 0.239 e. The topological polar surface area (TPSA) is 46.3 Å². The number of nitrogens with two attached hydrogens (primary N) is 1. The minimum atomic E-state index is -0.831. The van der Waals surface area contributed by atoms with E-state index in [1.54, 1.807) is 0 Å². The number of alkyl halides is 1. The van der Waals surface area contributed by atoms with Crippen molar-refractivity contribution >= 4 is 5.91 Å². The molecule has 0 aromatic rings. The lowest BCUT2D eigenvalue weighted by atomic mass is 10.1. The monoisotopic (exact) mass is 174 g/mol. The predicted octanol–water partition coefficient (Wildman–Crippen LogP) is 0.294. The van der Waals surface area contributed by atoms with Gasteiger partial charge in [0.25, 0.3) is 0 Å². The number of halogens is 1. The van der Waals surface area contributed by atoms with Crippen LogP contribution in [-0.4, -0.2) is 36.1 Å². The molecule has 70 valence electrons. The molecule has 1 atom stereocenters. The summed E-state index contributed by atoms with van der Waals surface area (Å²) < 4.78 is 12.3. The lowest BCUT2D eigenvalue weighted by Gasteiger charge is -2.35. The third kappa shape index (κ3) is 1.94. The van der Waals surface area contributed by atoms with Crippen LogP contribution in [0.25, 0.3) is 0 Å². The lowest BCUT2D eigenvalue weighted by Crippen LogP contribution is -2.56. The summed E-state index contributed by atoms with van der Waals surface area (Å²) in [6, 6.07) is -0.428. The number of amides is 1. The number of rotatable bonds is 3. The predicted molar refractivity (Wildman–Crippen MR) is 44.4 cm³/mol. The van der Waals surface area contributed by atoms with Crippen LogP contribution < -0.4 is 5.73 Å². The molecular weight excluding hydrogens is 159 g/mol. The molecule has 12 heavy (non-hydrogen) atoms. The van der Waals surface area contributed by atoms with E-state index in [2.05, 4.69) is 0 Å². The summed E-state index contributed by atoms with van der Waals surface area (Å²) in [5.74, 6) is -0.106. The van der Waals surface area contributed by atoms with Gasteiger partial charge in [0, 0.05) is 0 Å². The molecule has 0 saturated carbocycles. The fourth-order valence-electron chi connectivity index (χ4n) is 1.27. The molecule has 1 aliphatic rings. The summed E-state index contributed by atoms with van der Waals surface area (Å²) >= 11 is 0. The van der Waals surface area contributed by atoms with Crippen LogP contribution in [0.2, 0.25) is 0 Å². The van der Waals surface area contributed by atoms with Crippen molar-refractivity contribution in [2.45, 2.75) is 32.0 Å². The Kier molecular flexibility index (Phi) is 3.03. The van der Waals surface area contributed by atoms with Crippen LogP contribution in [-0.2, 0) is 4.79 Å². The Hall–Kier alpha value is -0.640. The van der Waals surface area contributed by atoms with Crippen LogP contribution in [0.3, 0.4) is 0 Å². The maximum atomic E-state index is 12.3. The van der Waals surface area contributed by atoms with Gasteiger partial charge in [0.2, 0.25) is 5.91 Å². The van der Waals surface area contributed by atoms with E-state index in [1.807, 2.05) is 6.92 Å². The van der Waals surface area contributed by atoms with Gasteiger partial charge in [0.15, 0.2) is 0 Å². The molecule has 0 aliphatic carbocycles. The lowest BCUT2D eigenvalue weighted by molar-refractivity contribution is -0.139. The highest BCUT2D eigenvalue weighted by Gasteiger charge is 2.32. The maximum absolute atomic E-state index is 12.3. The molecule has 1 heterocycles. The second-order valence-corrected chi connectivity index (χ2v) is 3.24. The van der Waals surface area contributed by atoms with Crippen molar-refractivity contribution in [3.8, 4) is 0 Å². The van der Waals surface area contributed by atoms with Crippen LogP contribution in [0.4, 0.5) is 4.39 Å². The molecule has 0 aromatic carbocycles. The van der Waals surface area contributed by atoms with E-state index in [9.17, 15) is 9.18 Å². The van der Waals surface area contributed by atoms with Gasteiger partial charge in [-0.15, -0.1) is 0 Å². The van der Waals surface area contributed by atoms with Gasteiger partial charge in [-0.2, -0.15) is 0 Å². The zero-order valence-electron chi connectivity index (χ0n) is 7.29. The third-order valence-electron chi connectivity index (χ3n) is 2.07. The molecule has 2 N–H and O–H groups in total.